The molecular formula is C11H15NO3. The summed E-state index contributed by atoms with van der Waals surface area (Å²) in [6.45, 7) is 3.56. The monoisotopic (exact) mass is 209 g/mol. The van der Waals surface area contributed by atoms with Crippen LogP contribution in [0.15, 0.2) is 43.0 Å². The van der Waals surface area contributed by atoms with Crippen molar-refractivity contribution >= 4 is 0 Å². The molecule has 4 nitrogen and oxygen atoms in total. The van der Waals surface area contributed by atoms with Crippen molar-refractivity contribution in [3.63, 3.8) is 0 Å². The highest BCUT2D eigenvalue weighted by molar-refractivity contribution is 5.25. The molecule has 1 aromatic rings. The topological polar surface area (TPSA) is 86.7 Å². The van der Waals surface area contributed by atoms with Crippen LogP contribution in [-0.2, 0) is 0 Å². The van der Waals surface area contributed by atoms with E-state index in [9.17, 15) is 0 Å². The summed E-state index contributed by atoms with van der Waals surface area (Å²) in [7, 11) is 0. The molecule has 15 heavy (non-hydrogen) atoms. The van der Waals surface area contributed by atoms with E-state index in [4.69, 9.17) is 21.1 Å². The van der Waals surface area contributed by atoms with Gasteiger partial charge in [-0.3, -0.25) is 0 Å². The van der Waals surface area contributed by atoms with Crippen molar-refractivity contribution in [2.75, 3.05) is 0 Å². The lowest BCUT2D eigenvalue weighted by Gasteiger charge is -2.28. The minimum Gasteiger partial charge on any atom is -0.342 e. The van der Waals surface area contributed by atoms with Crippen LogP contribution < -0.4 is 5.73 Å². The first-order valence-electron chi connectivity index (χ1n) is 4.57. The van der Waals surface area contributed by atoms with Gasteiger partial charge in [-0.2, -0.15) is 0 Å². The molecule has 0 heterocycles. The van der Waals surface area contributed by atoms with E-state index < -0.39 is 17.9 Å². The normalized spacial score (nSPS) is 15.7. The maximum absolute atomic E-state index is 8.99. The molecule has 0 radical (unpaired) electrons. The number of rotatable bonds is 4. The predicted octanol–water partition coefficient (Wildman–Crippen LogP) is -0.0858. The van der Waals surface area contributed by atoms with Gasteiger partial charge in [0, 0.05) is 5.92 Å². The van der Waals surface area contributed by atoms with Gasteiger partial charge < -0.3 is 21.1 Å². The summed E-state index contributed by atoms with van der Waals surface area (Å²) in [6, 6.07) is 7.74. The smallest absolute Gasteiger partial charge is 0.292 e. The zero-order valence-electron chi connectivity index (χ0n) is 8.24. The highest BCUT2D eigenvalue weighted by Gasteiger charge is 2.34. The molecule has 4 heteroatoms. The quantitative estimate of drug-likeness (QED) is 0.412. The lowest BCUT2D eigenvalue weighted by atomic mass is 9.91. The fourth-order valence-corrected chi connectivity index (χ4v) is 1.41. The molecule has 0 saturated carbocycles. The standard InChI is InChI=1S/C11H15NO3/c1-2-9(10(12)11(13,14)15)8-6-4-3-5-7-8/h2-7,9-10,13-15H,1,12H2. The van der Waals surface area contributed by atoms with E-state index >= 15 is 0 Å². The van der Waals surface area contributed by atoms with Gasteiger partial charge >= 0.3 is 0 Å². The summed E-state index contributed by atoms with van der Waals surface area (Å²) < 4.78 is 0. The molecule has 0 aliphatic carbocycles. The van der Waals surface area contributed by atoms with Crippen LogP contribution >= 0.6 is 0 Å². The molecule has 82 valence electrons. The van der Waals surface area contributed by atoms with Gasteiger partial charge in [-0.1, -0.05) is 36.4 Å². The molecule has 0 spiro atoms. The summed E-state index contributed by atoms with van der Waals surface area (Å²) in [5.74, 6) is -3.43. The Balaban J connectivity index is 2.95. The van der Waals surface area contributed by atoms with Crippen molar-refractivity contribution in [1.29, 1.82) is 0 Å². The van der Waals surface area contributed by atoms with Crippen molar-refractivity contribution in [1.82, 2.24) is 0 Å². The van der Waals surface area contributed by atoms with Gasteiger partial charge in [-0.05, 0) is 5.56 Å². The largest absolute Gasteiger partial charge is 0.342 e. The molecule has 5 N–H and O–H groups in total. The van der Waals surface area contributed by atoms with Gasteiger partial charge in [0.25, 0.3) is 5.97 Å². The minimum atomic E-state index is -2.91. The fraction of sp³-hybridized carbons (Fsp3) is 0.273. The Bertz CT molecular complexity index is 318. The molecule has 0 aliphatic heterocycles. The molecule has 1 rings (SSSR count). The molecule has 0 fully saturated rings. The number of hydrogen-bond donors (Lipinski definition) is 4. The number of aliphatic hydroxyl groups is 3. The Morgan fingerprint density at radius 1 is 1.20 bits per heavy atom. The van der Waals surface area contributed by atoms with Gasteiger partial charge in [0.05, 0.1) is 6.04 Å². The van der Waals surface area contributed by atoms with E-state index in [2.05, 4.69) is 6.58 Å². The van der Waals surface area contributed by atoms with Gasteiger partial charge in [0.1, 0.15) is 0 Å². The van der Waals surface area contributed by atoms with Crippen molar-refractivity contribution in [3.8, 4) is 0 Å². The van der Waals surface area contributed by atoms with Gasteiger partial charge in [-0.15, -0.1) is 6.58 Å². The molecule has 0 bridgehead atoms. The first-order valence-corrected chi connectivity index (χ1v) is 4.57. The lowest BCUT2D eigenvalue weighted by Crippen LogP contribution is -2.51. The zero-order valence-corrected chi connectivity index (χ0v) is 8.24. The van der Waals surface area contributed by atoms with Crippen LogP contribution in [0.25, 0.3) is 0 Å². The van der Waals surface area contributed by atoms with Crippen molar-refractivity contribution in [2.45, 2.75) is 17.9 Å². The van der Waals surface area contributed by atoms with Gasteiger partial charge in [-0.25, -0.2) is 0 Å². The third-order valence-corrected chi connectivity index (χ3v) is 2.27. The molecule has 2 atom stereocenters. The fourth-order valence-electron chi connectivity index (χ4n) is 1.41. The molecule has 2 unspecified atom stereocenters. The first kappa shape index (κ1) is 11.9. The Hall–Kier alpha value is -1.20. The van der Waals surface area contributed by atoms with Crippen molar-refractivity contribution in [3.05, 3.63) is 48.6 Å². The zero-order chi connectivity index (χ0) is 11.5. The number of hydrogen-bond acceptors (Lipinski definition) is 4. The molecule has 0 aliphatic rings. The van der Waals surface area contributed by atoms with E-state index in [1.165, 1.54) is 6.08 Å². The predicted molar refractivity (Wildman–Crippen MR) is 56.7 cm³/mol. The third-order valence-electron chi connectivity index (χ3n) is 2.27. The maximum Gasteiger partial charge on any atom is 0.292 e. The van der Waals surface area contributed by atoms with Gasteiger partial charge in [0.15, 0.2) is 0 Å². The average molecular weight is 209 g/mol. The Labute approximate surface area is 88.3 Å². The van der Waals surface area contributed by atoms with Crippen LogP contribution in [0, 0.1) is 0 Å². The van der Waals surface area contributed by atoms with E-state index in [0.717, 1.165) is 5.56 Å². The van der Waals surface area contributed by atoms with Crippen LogP contribution in [0.4, 0.5) is 0 Å². The summed E-state index contributed by atoms with van der Waals surface area (Å²) in [5, 5.41) is 27.0. The number of benzene rings is 1. The second-order valence-electron chi connectivity index (χ2n) is 3.39. The summed E-state index contributed by atoms with van der Waals surface area (Å²) >= 11 is 0. The molecule has 0 aromatic heterocycles. The SMILES string of the molecule is C=CC(c1ccccc1)C(N)C(O)(O)O. The number of nitrogens with two attached hydrogens (primary N) is 1. The van der Waals surface area contributed by atoms with Gasteiger partial charge in [0.2, 0.25) is 0 Å². The van der Waals surface area contributed by atoms with Crippen LogP contribution in [0.2, 0.25) is 0 Å². The highest BCUT2D eigenvalue weighted by atomic mass is 16.7. The summed E-state index contributed by atoms with van der Waals surface area (Å²) in [6.07, 6.45) is 1.47. The maximum atomic E-state index is 8.99. The lowest BCUT2D eigenvalue weighted by molar-refractivity contribution is -0.324. The molecular weight excluding hydrogens is 194 g/mol. The summed E-state index contributed by atoms with van der Waals surface area (Å²) in [5.41, 5.74) is 6.28. The molecule has 0 amide bonds. The van der Waals surface area contributed by atoms with Crippen molar-refractivity contribution < 1.29 is 15.3 Å². The second-order valence-corrected chi connectivity index (χ2v) is 3.39. The first-order chi connectivity index (χ1) is 6.96. The third kappa shape index (κ3) is 2.87. The van der Waals surface area contributed by atoms with Crippen LogP contribution in [0.5, 0.6) is 0 Å². The Kier molecular flexibility index (Phi) is 3.60. The minimum absolute atomic E-state index is 0.522. The Morgan fingerprint density at radius 3 is 2.13 bits per heavy atom. The second kappa shape index (κ2) is 4.55. The summed E-state index contributed by atoms with van der Waals surface area (Å²) in [4.78, 5) is 0. The van der Waals surface area contributed by atoms with E-state index in [1.54, 1.807) is 24.3 Å². The Morgan fingerprint density at radius 2 is 1.73 bits per heavy atom. The van der Waals surface area contributed by atoms with E-state index in [0.29, 0.717) is 0 Å². The van der Waals surface area contributed by atoms with Crippen molar-refractivity contribution in [2.24, 2.45) is 5.73 Å². The highest BCUT2D eigenvalue weighted by Crippen LogP contribution is 2.23. The van der Waals surface area contributed by atoms with Crippen LogP contribution in [-0.4, -0.2) is 27.3 Å². The van der Waals surface area contributed by atoms with E-state index in [1.807, 2.05) is 6.07 Å². The molecule has 0 saturated heterocycles. The van der Waals surface area contributed by atoms with Crippen LogP contribution in [0.3, 0.4) is 0 Å². The average Bonchev–Trinajstić information content (AvgIpc) is 2.19. The van der Waals surface area contributed by atoms with Crippen LogP contribution in [0.1, 0.15) is 11.5 Å². The molecule has 1 aromatic carbocycles. The van der Waals surface area contributed by atoms with E-state index in [-0.39, 0.29) is 0 Å².